The summed E-state index contributed by atoms with van der Waals surface area (Å²) in [5, 5.41) is 0. The summed E-state index contributed by atoms with van der Waals surface area (Å²) >= 11 is 0. The van der Waals surface area contributed by atoms with Crippen LogP contribution in [0.1, 0.15) is 193 Å². The van der Waals surface area contributed by atoms with E-state index in [0.29, 0.717) is 0 Å². The maximum absolute atomic E-state index is 1.63. The molecule has 0 aromatic carbocycles. The van der Waals surface area contributed by atoms with E-state index in [4.69, 9.17) is 0 Å². The Balaban J connectivity index is 0.000000176. The summed E-state index contributed by atoms with van der Waals surface area (Å²) in [5.41, 5.74) is 7.36. The molecule has 3 heteroatoms. The molecule has 0 amide bonds. The van der Waals surface area contributed by atoms with E-state index in [1.165, 1.54) is 34.0 Å². The molecule has 0 atom stereocenters. The van der Waals surface area contributed by atoms with Crippen LogP contribution in [0, 0.1) is 0 Å². The average molecular weight is 669 g/mol. The van der Waals surface area contributed by atoms with E-state index >= 15 is 0 Å². The molecule has 6 fully saturated rings. The SMILES string of the molecule is C1CCC([PH+](C2CCCCC2)C2CCCCC2)CC1.C1CCC([PH+](C2CCCCC2)C2CCCCC2)CC1.[Pd]. The van der Waals surface area contributed by atoms with Crippen molar-refractivity contribution < 1.29 is 20.4 Å². The van der Waals surface area contributed by atoms with Crippen molar-refractivity contribution in [1.82, 2.24) is 0 Å². The molecule has 0 nitrogen and oxygen atoms in total. The van der Waals surface area contributed by atoms with Crippen molar-refractivity contribution in [3.05, 3.63) is 0 Å². The quantitative estimate of drug-likeness (QED) is 0.195. The fourth-order valence-electron chi connectivity index (χ4n) is 10.6. The molecule has 6 aliphatic rings. The van der Waals surface area contributed by atoms with Crippen molar-refractivity contribution in [2.75, 3.05) is 0 Å². The van der Waals surface area contributed by atoms with Gasteiger partial charge in [-0.05, 0) is 154 Å². The Morgan fingerprint density at radius 3 is 0.462 bits per heavy atom. The van der Waals surface area contributed by atoms with Gasteiger partial charge in [0, 0.05) is 36.3 Å². The molecule has 6 aliphatic carbocycles. The van der Waals surface area contributed by atoms with Crippen LogP contribution in [-0.4, -0.2) is 34.0 Å². The summed E-state index contributed by atoms with van der Waals surface area (Å²) in [7, 11) is -0.0930. The van der Waals surface area contributed by atoms with Crippen LogP contribution < -0.4 is 0 Å². The summed E-state index contributed by atoms with van der Waals surface area (Å²) in [4.78, 5) is 0. The summed E-state index contributed by atoms with van der Waals surface area (Å²) in [6, 6.07) is 0. The van der Waals surface area contributed by atoms with Crippen LogP contribution in [0.2, 0.25) is 0 Å². The van der Waals surface area contributed by atoms with E-state index in [-0.39, 0.29) is 36.3 Å². The summed E-state index contributed by atoms with van der Waals surface area (Å²) in [6.07, 6.45) is 47.6. The summed E-state index contributed by atoms with van der Waals surface area (Å²) < 4.78 is 0. The van der Waals surface area contributed by atoms with E-state index in [1.807, 2.05) is 0 Å². The van der Waals surface area contributed by atoms with Gasteiger partial charge in [0.05, 0.1) is 34.0 Å². The summed E-state index contributed by atoms with van der Waals surface area (Å²) in [5.74, 6) is 0. The normalized spacial score (nSPS) is 28.2. The zero-order valence-electron chi connectivity index (χ0n) is 26.0. The first-order valence-corrected chi connectivity index (χ1v) is 22.1. The first-order chi connectivity index (χ1) is 18.9. The fourth-order valence-corrected chi connectivity index (χ4v) is 21.1. The van der Waals surface area contributed by atoms with Crippen LogP contribution in [-0.2, 0) is 20.4 Å². The van der Waals surface area contributed by atoms with Crippen LogP contribution in [0.25, 0.3) is 0 Å². The Morgan fingerprint density at radius 1 is 0.205 bits per heavy atom. The van der Waals surface area contributed by atoms with E-state index in [0.717, 1.165) is 0 Å². The van der Waals surface area contributed by atoms with Gasteiger partial charge in [0.25, 0.3) is 0 Å². The van der Waals surface area contributed by atoms with Gasteiger partial charge in [-0.25, -0.2) is 0 Å². The third-order valence-electron chi connectivity index (χ3n) is 12.5. The van der Waals surface area contributed by atoms with Crippen LogP contribution in [0.15, 0.2) is 0 Å². The van der Waals surface area contributed by atoms with Gasteiger partial charge in [0.1, 0.15) is 0 Å². The minimum absolute atomic E-state index is 0. The standard InChI is InChI=1S/2C18H33P.Pd/c2*1-4-10-16(11-5-1)19(17-12-6-2-7-13-17)18-14-8-3-9-15-18;/h2*16-18H,1-15H2;/p+2. The van der Waals surface area contributed by atoms with Gasteiger partial charge < -0.3 is 0 Å². The van der Waals surface area contributed by atoms with Crippen LogP contribution in [0.3, 0.4) is 0 Å². The van der Waals surface area contributed by atoms with Gasteiger partial charge in [-0.15, -0.1) is 0 Å². The molecule has 230 valence electrons. The van der Waals surface area contributed by atoms with Gasteiger partial charge in [-0.1, -0.05) is 38.5 Å². The minimum atomic E-state index is -0.0465. The van der Waals surface area contributed by atoms with E-state index in [1.54, 1.807) is 193 Å². The van der Waals surface area contributed by atoms with Gasteiger partial charge in [-0.3, -0.25) is 0 Å². The second-order valence-electron chi connectivity index (χ2n) is 15.0. The third kappa shape index (κ3) is 10.3. The molecule has 0 spiro atoms. The van der Waals surface area contributed by atoms with Gasteiger partial charge >= 0.3 is 0 Å². The molecule has 0 aromatic rings. The van der Waals surface area contributed by atoms with Crippen LogP contribution >= 0.6 is 15.8 Å². The Kier molecular flexibility index (Phi) is 16.3. The molecule has 0 radical (unpaired) electrons. The first kappa shape index (κ1) is 33.4. The van der Waals surface area contributed by atoms with Crippen molar-refractivity contribution >= 4 is 15.8 Å². The Hall–Kier alpha value is 1.52. The fraction of sp³-hybridized carbons (Fsp3) is 1.00. The van der Waals surface area contributed by atoms with Crippen molar-refractivity contribution in [1.29, 1.82) is 0 Å². The number of hydrogen-bond donors (Lipinski definition) is 0. The van der Waals surface area contributed by atoms with Crippen molar-refractivity contribution in [2.24, 2.45) is 0 Å². The maximum atomic E-state index is 1.63. The molecule has 6 saturated carbocycles. The first-order valence-electron chi connectivity index (χ1n) is 18.6. The molecule has 0 aliphatic heterocycles. The third-order valence-corrected chi connectivity index (χ3v) is 21.6. The second kappa shape index (κ2) is 19.0. The number of hydrogen-bond acceptors (Lipinski definition) is 0. The Labute approximate surface area is 261 Å². The topological polar surface area (TPSA) is 0 Å². The van der Waals surface area contributed by atoms with E-state index in [2.05, 4.69) is 0 Å². The molecule has 0 saturated heterocycles. The average Bonchev–Trinajstić information content (AvgIpc) is 3.01. The molecule has 0 unspecified atom stereocenters. The molecule has 0 bridgehead atoms. The minimum Gasteiger partial charge on any atom is -0.0530 e. The zero-order chi connectivity index (χ0) is 25.8. The van der Waals surface area contributed by atoms with Gasteiger partial charge in [-0.2, -0.15) is 0 Å². The van der Waals surface area contributed by atoms with Crippen molar-refractivity contribution in [2.45, 2.75) is 227 Å². The molecule has 0 N–H and O–H groups in total. The molecular formula is C36H68P2Pd+2. The zero-order valence-corrected chi connectivity index (χ0v) is 29.5. The number of rotatable bonds is 6. The molecule has 6 rings (SSSR count). The predicted octanol–water partition coefficient (Wildman–Crippen LogP) is 12.4. The van der Waals surface area contributed by atoms with Crippen molar-refractivity contribution in [3.8, 4) is 0 Å². The maximum Gasteiger partial charge on any atom is 0.0680 e. The van der Waals surface area contributed by atoms with Crippen LogP contribution in [0.5, 0.6) is 0 Å². The largest absolute Gasteiger partial charge is 0.0680 e. The molecule has 0 aromatic heterocycles. The molecule has 39 heavy (non-hydrogen) atoms. The van der Waals surface area contributed by atoms with E-state index in [9.17, 15) is 0 Å². The smallest absolute Gasteiger partial charge is 0.0530 e. The van der Waals surface area contributed by atoms with Gasteiger partial charge in [0.15, 0.2) is 0 Å². The Morgan fingerprint density at radius 2 is 0.333 bits per heavy atom. The summed E-state index contributed by atoms with van der Waals surface area (Å²) in [6.45, 7) is 0. The van der Waals surface area contributed by atoms with Crippen LogP contribution in [0.4, 0.5) is 0 Å². The Bertz CT molecular complexity index is 464. The second-order valence-corrected chi connectivity index (χ2v) is 21.9. The van der Waals surface area contributed by atoms with Crippen molar-refractivity contribution in [3.63, 3.8) is 0 Å². The predicted molar refractivity (Wildman–Crippen MR) is 178 cm³/mol. The monoisotopic (exact) mass is 668 g/mol. The molecular weight excluding hydrogens is 601 g/mol. The van der Waals surface area contributed by atoms with E-state index < -0.39 is 0 Å². The molecule has 0 heterocycles. The van der Waals surface area contributed by atoms with Gasteiger partial charge in [0.2, 0.25) is 0 Å².